The molecular formula is C12H14N2O. The van der Waals surface area contributed by atoms with Crippen LogP contribution in [0.4, 0.5) is 5.69 Å². The lowest BCUT2D eigenvalue weighted by atomic mass is 10.2. The number of anilines is 1. The van der Waals surface area contributed by atoms with E-state index in [0.717, 1.165) is 29.7 Å². The zero-order valence-corrected chi connectivity index (χ0v) is 8.73. The predicted octanol–water partition coefficient (Wildman–Crippen LogP) is 2.61. The zero-order valence-electron chi connectivity index (χ0n) is 8.73. The third kappa shape index (κ3) is 2.18. The molecule has 0 amide bonds. The number of aromatic nitrogens is 1. The molecule has 0 radical (unpaired) electrons. The fourth-order valence-electron chi connectivity index (χ4n) is 1.44. The molecule has 0 aliphatic heterocycles. The number of rotatable bonds is 3. The standard InChI is InChI=1S/C12H14N2O/c1-2-5-15-11-3-4-12-9(7-11)6-10(13)8-14-12/h3-4,6-8H,2,5,13H2,1H3. The maximum atomic E-state index is 5.67. The van der Waals surface area contributed by atoms with E-state index in [0.29, 0.717) is 5.69 Å². The largest absolute Gasteiger partial charge is 0.494 e. The summed E-state index contributed by atoms with van der Waals surface area (Å²) in [5, 5.41) is 1.02. The molecule has 0 spiro atoms. The van der Waals surface area contributed by atoms with Gasteiger partial charge >= 0.3 is 0 Å². The number of hydrogen-bond acceptors (Lipinski definition) is 3. The Morgan fingerprint density at radius 1 is 1.33 bits per heavy atom. The van der Waals surface area contributed by atoms with Crippen molar-refractivity contribution in [3.05, 3.63) is 30.5 Å². The molecule has 0 saturated heterocycles. The molecule has 2 aromatic rings. The fraction of sp³-hybridized carbons (Fsp3) is 0.250. The summed E-state index contributed by atoms with van der Waals surface area (Å²) in [6.45, 7) is 2.82. The summed E-state index contributed by atoms with van der Waals surface area (Å²) in [7, 11) is 0. The van der Waals surface area contributed by atoms with E-state index in [4.69, 9.17) is 10.5 Å². The molecule has 0 unspecified atom stereocenters. The topological polar surface area (TPSA) is 48.1 Å². The molecule has 78 valence electrons. The van der Waals surface area contributed by atoms with Gasteiger partial charge < -0.3 is 10.5 Å². The van der Waals surface area contributed by atoms with Gasteiger partial charge in [0.05, 0.1) is 24.0 Å². The lowest BCUT2D eigenvalue weighted by molar-refractivity contribution is 0.318. The van der Waals surface area contributed by atoms with Crippen LogP contribution in [0, 0.1) is 0 Å². The Hall–Kier alpha value is -1.77. The van der Waals surface area contributed by atoms with Gasteiger partial charge in [-0.1, -0.05) is 6.92 Å². The zero-order chi connectivity index (χ0) is 10.7. The minimum Gasteiger partial charge on any atom is -0.494 e. The molecule has 0 atom stereocenters. The van der Waals surface area contributed by atoms with Crippen molar-refractivity contribution < 1.29 is 4.74 Å². The quantitative estimate of drug-likeness (QED) is 0.832. The molecule has 2 rings (SSSR count). The number of fused-ring (bicyclic) bond motifs is 1. The predicted molar refractivity (Wildman–Crippen MR) is 61.9 cm³/mol. The van der Waals surface area contributed by atoms with E-state index in [1.165, 1.54) is 0 Å². The number of nitrogens with two attached hydrogens (primary N) is 1. The fourth-order valence-corrected chi connectivity index (χ4v) is 1.44. The Labute approximate surface area is 88.9 Å². The van der Waals surface area contributed by atoms with Crippen molar-refractivity contribution in [1.82, 2.24) is 4.98 Å². The van der Waals surface area contributed by atoms with Crippen molar-refractivity contribution in [2.45, 2.75) is 13.3 Å². The molecule has 1 aromatic carbocycles. The summed E-state index contributed by atoms with van der Waals surface area (Å²) in [4.78, 5) is 4.22. The van der Waals surface area contributed by atoms with Gasteiger partial charge in [0, 0.05) is 5.39 Å². The summed E-state index contributed by atoms with van der Waals surface area (Å²) in [5.74, 6) is 0.872. The van der Waals surface area contributed by atoms with Crippen molar-refractivity contribution in [1.29, 1.82) is 0 Å². The average molecular weight is 202 g/mol. The van der Waals surface area contributed by atoms with Gasteiger partial charge in [0.1, 0.15) is 5.75 Å². The molecule has 0 aliphatic carbocycles. The Bertz CT molecular complexity index is 468. The molecule has 2 N–H and O–H groups in total. The highest BCUT2D eigenvalue weighted by molar-refractivity contribution is 5.82. The van der Waals surface area contributed by atoms with Gasteiger partial charge in [-0.2, -0.15) is 0 Å². The number of nitrogens with zero attached hydrogens (tertiary/aromatic N) is 1. The normalized spacial score (nSPS) is 10.5. The lowest BCUT2D eigenvalue weighted by Crippen LogP contribution is -1.95. The smallest absolute Gasteiger partial charge is 0.120 e. The van der Waals surface area contributed by atoms with Crippen LogP contribution >= 0.6 is 0 Å². The second kappa shape index (κ2) is 4.17. The van der Waals surface area contributed by atoms with E-state index in [1.807, 2.05) is 24.3 Å². The summed E-state index contributed by atoms with van der Waals surface area (Å²) >= 11 is 0. The van der Waals surface area contributed by atoms with E-state index >= 15 is 0 Å². The first-order valence-electron chi connectivity index (χ1n) is 5.07. The average Bonchev–Trinajstić information content (AvgIpc) is 2.25. The van der Waals surface area contributed by atoms with Crippen LogP contribution < -0.4 is 10.5 Å². The molecule has 0 bridgehead atoms. The summed E-state index contributed by atoms with van der Waals surface area (Å²) in [5.41, 5.74) is 7.28. The second-order valence-electron chi connectivity index (χ2n) is 3.47. The molecular weight excluding hydrogens is 188 g/mol. The van der Waals surface area contributed by atoms with Crippen LogP contribution in [0.5, 0.6) is 5.75 Å². The molecule has 1 aromatic heterocycles. The summed E-state index contributed by atoms with van der Waals surface area (Å²) in [6, 6.07) is 7.75. The van der Waals surface area contributed by atoms with Gasteiger partial charge in [0.15, 0.2) is 0 Å². The Morgan fingerprint density at radius 2 is 2.20 bits per heavy atom. The van der Waals surface area contributed by atoms with Crippen LogP contribution in [-0.2, 0) is 0 Å². The number of pyridine rings is 1. The van der Waals surface area contributed by atoms with Crippen molar-refractivity contribution >= 4 is 16.6 Å². The molecule has 0 aliphatic rings. The van der Waals surface area contributed by atoms with Crippen molar-refractivity contribution in [2.24, 2.45) is 0 Å². The van der Waals surface area contributed by atoms with Crippen molar-refractivity contribution in [2.75, 3.05) is 12.3 Å². The molecule has 1 heterocycles. The van der Waals surface area contributed by atoms with Crippen LogP contribution in [-0.4, -0.2) is 11.6 Å². The van der Waals surface area contributed by atoms with Gasteiger partial charge in [-0.05, 0) is 30.7 Å². The highest BCUT2D eigenvalue weighted by Crippen LogP contribution is 2.20. The maximum absolute atomic E-state index is 5.67. The minimum atomic E-state index is 0.676. The minimum absolute atomic E-state index is 0.676. The lowest BCUT2D eigenvalue weighted by Gasteiger charge is -2.05. The van der Waals surface area contributed by atoms with E-state index < -0.39 is 0 Å². The number of hydrogen-bond donors (Lipinski definition) is 1. The van der Waals surface area contributed by atoms with Gasteiger partial charge in [-0.15, -0.1) is 0 Å². The van der Waals surface area contributed by atoms with Crippen LogP contribution in [0.1, 0.15) is 13.3 Å². The first-order valence-corrected chi connectivity index (χ1v) is 5.07. The van der Waals surface area contributed by atoms with Crippen molar-refractivity contribution in [3.63, 3.8) is 0 Å². The first-order chi connectivity index (χ1) is 7.29. The number of ether oxygens (including phenoxy) is 1. The van der Waals surface area contributed by atoms with E-state index in [2.05, 4.69) is 11.9 Å². The highest BCUT2D eigenvalue weighted by atomic mass is 16.5. The van der Waals surface area contributed by atoms with Gasteiger partial charge in [0.25, 0.3) is 0 Å². The SMILES string of the molecule is CCCOc1ccc2ncc(N)cc2c1. The van der Waals surface area contributed by atoms with Crippen molar-refractivity contribution in [3.8, 4) is 5.75 Å². The summed E-state index contributed by atoms with van der Waals surface area (Å²) < 4.78 is 5.53. The highest BCUT2D eigenvalue weighted by Gasteiger charge is 1.98. The van der Waals surface area contributed by atoms with Gasteiger partial charge in [-0.3, -0.25) is 4.98 Å². The second-order valence-corrected chi connectivity index (χ2v) is 3.47. The first kappa shape index (κ1) is 9.77. The third-order valence-corrected chi connectivity index (χ3v) is 2.15. The van der Waals surface area contributed by atoms with Crippen LogP contribution in [0.25, 0.3) is 10.9 Å². The molecule has 15 heavy (non-hydrogen) atoms. The number of benzene rings is 1. The van der Waals surface area contributed by atoms with Gasteiger partial charge in [0.2, 0.25) is 0 Å². The monoisotopic (exact) mass is 202 g/mol. The van der Waals surface area contributed by atoms with E-state index in [9.17, 15) is 0 Å². The van der Waals surface area contributed by atoms with E-state index in [1.54, 1.807) is 6.20 Å². The summed E-state index contributed by atoms with van der Waals surface area (Å²) in [6.07, 6.45) is 2.67. The third-order valence-electron chi connectivity index (χ3n) is 2.15. The van der Waals surface area contributed by atoms with Crippen LogP contribution in [0.15, 0.2) is 30.5 Å². The number of nitrogen functional groups attached to an aromatic ring is 1. The molecule has 0 saturated carbocycles. The Kier molecular flexibility index (Phi) is 2.72. The maximum Gasteiger partial charge on any atom is 0.120 e. The van der Waals surface area contributed by atoms with E-state index in [-0.39, 0.29) is 0 Å². The Morgan fingerprint density at radius 3 is 3.00 bits per heavy atom. The molecule has 3 nitrogen and oxygen atoms in total. The van der Waals surface area contributed by atoms with Crippen LogP contribution in [0.3, 0.4) is 0 Å². The van der Waals surface area contributed by atoms with Crippen LogP contribution in [0.2, 0.25) is 0 Å². The molecule has 3 heteroatoms. The Balaban J connectivity index is 2.36. The molecule has 0 fully saturated rings. The van der Waals surface area contributed by atoms with Gasteiger partial charge in [-0.25, -0.2) is 0 Å².